The molecule has 1 saturated heterocycles. The summed E-state index contributed by atoms with van der Waals surface area (Å²) in [5, 5.41) is 11.0. The Hall–Kier alpha value is -3.80. The van der Waals surface area contributed by atoms with Crippen LogP contribution in [0.3, 0.4) is 0 Å². The molecule has 1 unspecified atom stereocenters. The molecule has 6 nitrogen and oxygen atoms in total. The van der Waals surface area contributed by atoms with Gasteiger partial charge in [0, 0.05) is 5.56 Å². The lowest BCUT2D eigenvalue weighted by Gasteiger charge is -2.24. The van der Waals surface area contributed by atoms with Crippen molar-refractivity contribution in [3.8, 4) is 5.75 Å². The summed E-state index contributed by atoms with van der Waals surface area (Å²) in [4.78, 5) is 27.3. The molecule has 1 fully saturated rings. The molecule has 152 valence electrons. The second kappa shape index (κ2) is 7.91. The van der Waals surface area contributed by atoms with Crippen molar-refractivity contribution in [3.63, 3.8) is 0 Å². The molecule has 0 aliphatic carbocycles. The Morgan fingerprint density at radius 2 is 1.77 bits per heavy atom. The molecule has 1 aliphatic rings. The SMILES string of the molecule is COc1ccc(/C(O)=C2\C(=O)C(=O)N(Cc3ccco3)C2c2ccc(C)cc2)cc1. The first-order valence-electron chi connectivity index (χ1n) is 9.51. The first kappa shape index (κ1) is 19.5. The van der Waals surface area contributed by atoms with E-state index in [1.165, 1.54) is 11.2 Å². The van der Waals surface area contributed by atoms with Crippen molar-refractivity contribution in [3.05, 3.63) is 95.0 Å². The number of nitrogens with zero attached hydrogens (tertiary/aromatic N) is 1. The molecule has 1 amide bonds. The first-order chi connectivity index (χ1) is 14.5. The van der Waals surface area contributed by atoms with Gasteiger partial charge in [-0.25, -0.2) is 0 Å². The van der Waals surface area contributed by atoms with Crippen LogP contribution in [0.25, 0.3) is 5.76 Å². The quantitative estimate of drug-likeness (QED) is 0.392. The summed E-state index contributed by atoms with van der Waals surface area (Å²) in [7, 11) is 1.55. The third-order valence-corrected chi connectivity index (χ3v) is 5.20. The van der Waals surface area contributed by atoms with E-state index in [-0.39, 0.29) is 17.9 Å². The van der Waals surface area contributed by atoms with Crippen LogP contribution in [-0.4, -0.2) is 28.8 Å². The summed E-state index contributed by atoms with van der Waals surface area (Å²) in [5.41, 5.74) is 2.28. The van der Waals surface area contributed by atoms with Crippen LogP contribution in [0.5, 0.6) is 5.75 Å². The second-order valence-corrected chi connectivity index (χ2v) is 7.15. The lowest BCUT2D eigenvalue weighted by molar-refractivity contribution is -0.140. The molecule has 3 aromatic rings. The Bertz CT molecular complexity index is 1100. The van der Waals surface area contributed by atoms with E-state index in [4.69, 9.17) is 9.15 Å². The molecule has 30 heavy (non-hydrogen) atoms. The number of aliphatic hydroxyl groups is 1. The van der Waals surface area contributed by atoms with Crippen molar-refractivity contribution < 1.29 is 23.8 Å². The number of ether oxygens (including phenoxy) is 1. The molecule has 4 rings (SSSR count). The molecule has 1 atom stereocenters. The minimum atomic E-state index is -0.724. The normalized spacial score (nSPS) is 18.1. The van der Waals surface area contributed by atoms with Gasteiger partial charge < -0.3 is 19.2 Å². The third-order valence-electron chi connectivity index (χ3n) is 5.20. The monoisotopic (exact) mass is 403 g/mol. The molecule has 0 saturated carbocycles. The number of aliphatic hydroxyl groups excluding tert-OH is 1. The predicted octanol–water partition coefficient (Wildman–Crippen LogP) is 4.22. The maximum absolute atomic E-state index is 13.0. The molecule has 1 aliphatic heterocycles. The molecule has 2 aromatic carbocycles. The number of furan rings is 1. The van der Waals surface area contributed by atoms with E-state index in [1.807, 2.05) is 31.2 Å². The zero-order valence-electron chi connectivity index (χ0n) is 16.7. The van der Waals surface area contributed by atoms with Crippen LogP contribution in [0.2, 0.25) is 0 Å². The van der Waals surface area contributed by atoms with E-state index in [0.717, 1.165) is 11.1 Å². The average Bonchev–Trinajstić information content (AvgIpc) is 3.36. The van der Waals surface area contributed by atoms with Crippen molar-refractivity contribution in [2.24, 2.45) is 0 Å². The summed E-state index contributed by atoms with van der Waals surface area (Å²) in [6.45, 7) is 2.08. The van der Waals surface area contributed by atoms with E-state index in [0.29, 0.717) is 17.1 Å². The lowest BCUT2D eigenvalue weighted by Crippen LogP contribution is -2.29. The van der Waals surface area contributed by atoms with Crippen LogP contribution in [0.15, 0.2) is 76.9 Å². The Balaban J connectivity index is 1.84. The summed E-state index contributed by atoms with van der Waals surface area (Å²) < 4.78 is 10.5. The Kier molecular flexibility index (Phi) is 5.14. The third kappa shape index (κ3) is 3.48. The van der Waals surface area contributed by atoms with Crippen molar-refractivity contribution in [2.75, 3.05) is 7.11 Å². The molecule has 0 bridgehead atoms. The number of carbonyl (C=O) groups excluding carboxylic acids is 2. The fourth-order valence-electron chi connectivity index (χ4n) is 3.61. The summed E-state index contributed by atoms with van der Waals surface area (Å²) in [5.74, 6) is -0.436. The van der Waals surface area contributed by atoms with E-state index >= 15 is 0 Å². The van der Waals surface area contributed by atoms with Crippen LogP contribution in [0, 0.1) is 6.92 Å². The number of rotatable bonds is 5. The molecule has 0 spiro atoms. The van der Waals surface area contributed by atoms with Crippen LogP contribution in [0.1, 0.15) is 28.5 Å². The number of hydrogen-bond donors (Lipinski definition) is 1. The Labute approximate surface area is 174 Å². The van der Waals surface area contributed by atoms with E-state index in [2.05, 4.69) is 0 Å². The Morgan fingerprint density at radius 3 is 2.37 bits per heavy atom. The van der Waals surface area contributed by atoms with E-state index in [9.17, 15) is 14.7 Å². The van der Waals surface area contributed by atoms with Gasteiger partial charge in [-0.05, 0) is 48.9 Å². The predicted molar refractivity (Wildman–Crippen MR) is 111 cm³/mol. The van der Waals surface area contributed by atoms with Gasteiger partial charge in [-0.3, -0.25) is 9.59 Å². The average molecular weight is 403 g/mol. The van der Waals surface area contributed by atoms with Gasteiger partial charge in [0.15, 0.2) is 0 Å². The number of carbonyl (C=O) groups is 2. The largest absolute Gasteiger partial charge is 0.507 e. The van der Waals surface area contributed by atoms with Crippen molar-refractivity contribution in [1.29, 1.82) is 0 Å². The number of methoxy groups -OCH3 is 1. The van der Waals surface area contributed by atoms with Gasteiger partial charge >= 0.3 is 0 Å². The number of Topliss-reactive ketones (excluding diaryl/α,β-unsaturated/α-hetero) is 1. The summed E-state index contributed by atoms with van der Waals surface area (Å²) in [6, 6.07) is 17.0. The van der Waals surface area contributed by atoms with Crippen molar-refractivity contribution in [2.45, 2.75) is 19.5 Å². The van der Waals surface area contributed by atoms with Gasteiger partial charge in [-0.2, -0.15) is 0 Å². The fourth-order valence-corrected chi connectivity index (χ4v) is 3.61. The smallest absolute Gasteiger partial charge is 0.296 e. The maximum Gasteiger partial charge on any atom is 0.296 e. The van der Waals surface area contributed by atoms with Crippen molar-refractivity contribution >= 4 is 17.4 Å². The lowest BCUT2D eigenvalue weighted by atomic mass is 9.94. The molecule has 2 heterocycles. The highest BCUT2D eigenvalue weighted by molar-refractivity contribution is 6.46. The second-order valence-electron chi connectivity index (χ2n) is 7.15. The van der Waals surface area contributed by atoms with Crippen LogP contribution in [-0.2, 0) is 16.1 Å². The number of aryl methyl sites for hydroxylation is 1. The van der Waals surface area contributed by atoms with Gasteiger partial charge in [0.05, 0.1) is 31.5 Å². The van der Waals surface area contributed by atoms with Gasteiger partial charge in [0.1, 0.15) is 17.3 Å². The highest BCUT2D eigenvalue weighted by Gasteiger charge is 2.46. The standard InChI is InChI=1S/C24H21NO5/c1-15-5-7-16(8-6-15)21-20(22(26)17-9-11-18(29-2)12-10-17)23(27)24(28)25(21)14-19-4-3-13-30-19/h3-13,21,26H,14H2,1-2H3/b22-20+. The van der Waals surface area contributed by atoms with Gasteiger partial charge in [0.2, 0.25) is 0 Å². The van der Waals surface area contributed by atoms with Crippen LogP contribution >= 0.6 is 0 Å². The topological polar surface area (TPSA) is 80.0 Å². The summed E-state index contributed by atoms with van der Waals surface area (Å²) >= 11 is 0. The fraction of sp³-hybridized carbons (Fsp3) is 0.167. The number of ketones is 1. The Morgan fingerprint density at radius 1 is 1.07 bits per heavy atom. The van der Waals surface area contributed by atoms with Crippen LogP contribution < -0.4 is 4.74 Å². The number of amides is 1. The zero-order valence-corrected chi connectivity index (χ0v) is 16.7. The molecular formula is C24H21NO5. The van der Waals surface area contributed by atoms with E-state index < -0.39 is 17.7 Å². The number of hydrogen-bond acceptors (Lipinski definition) is 5. The van der Waals surface area contributed by atoms with Gasteiger partial charge in [-0.15, -0.1) is 0 Å². The van der Waals surface area contributed by atoms with E-state index in [1.54, 1.807) is 43.5 Å². The van der Waals surface area contributed by atoms with Gasteiger partial charge in [0.25, 0.3) is 11.7 Å². The molecule has 1 aromatic heterocycles. The minimum Gasteiger partial charge on any atom is -0.507 e. The highest BCUT2D eigenvalue weighted by Crippen LogP contribution is 2.40. The molecule has 0 radical (unpaired) electrons. The van der Waals surface area contributed by atoms with Crippen molar-refractivity contribution in [1.82, 2.24) is 4.90 Å². The van der Waals surface area contributed by atoms with Crippen LogP contribution in [0.4, 0.5) is 0 Å². The maximum atomic E-state index is 13.0. The van der Waals surface area contributed by atoms with Gasteiger partial charge in [-0.1, -0.05) is 29.8 Å². The summed E-state index contributed by atoms with van der Waals surface area (Å²) in [6.07, 6.45) is 1.52. The number of likely N-dealkylation sites (tertiary alicyclic amines) is 1. The highest BCUT2D eigenvalue weighted by atomic mass is 16.5. The zero-order chi connectivity index (χ0) is 21.3. The molecule has 1 N–H and O–H groups in total. The molecule has 6 heteroatoms. The first-order valence-corrected chi connectivity index (χ1v) is 9.51. The molecular weight excluding hydrogens is 382 g/mol. The number of benzene rings is 2. The minimum absolute atomic E-state index is 0.0561.